The third-order valence-electron chi connectivity index (χ3n) is 3.33. The van der Waals surface area contributed by atoms with Crippen molar-refractivity contribution in [3.63, 3.8) is 0 Å². The van der Waals surface area contributed by atoms with Crippen molar-refractivity contribution < 1.29 is 19.8 Å². The van der Waals surface area contributed by atoms with Gasteiger partial charge in [0, 0.05) is 18.6 Å². The van der Waals surface area contributed by atoms with Gasteiger partial charge in [-0.25, -0.2) is 9.59 Å². The van der Waals surface area contributed by atoms with Gasteiger partial charge in [-0.2, -0.15) is 0 Å². The van der Waals surface area contributed by atoms with Crippen LogP contribution in [0.2, 0.25) is 0 Å². The van der Waals surface area contributed by atoms with Gasteiger partial charge >= 0.3 is 12.0 Å². The van der Waals surface area contributed by atoms with Crippen LogP contribution in [0.3, 0.4) is 0 Å². The number of amides is 2. The van der Waals surface area contributed by atoms with Gasteiger partial charge in [0.05, 0.1) is 6.61 Å². The molecule has 0 spiro atoms. The number of likely N-dealkylation sites (tertiary alicyclic amines) is 1. The number of carbonyl (C=O) groups excluding carboxylic acids is 1. The van der Waals surface area contributed by atoms with Crippen LogP contribution in [-0.2, 0) is 4.79 Å². The van der Waals surface area contributed by atoms with Crippen molar-refractivity contribution in [1.29, 1.82) is 0 Å². The fourth-order valence-corrected chi connectivity index (χ4v) is 1.99. The molecule has 1 aliphatic rings. The molecule has 0 aromatic heterocycles. The maximum Gasteiger partial charge on any atom is 0.328 e. The molecule has 2 unspecified atom stereocenters. The molecule has 0 aliphatic carbocycles. The van der Waals surface area contributed by atoms with Crippen LogP contribution in [0.25, 0.3) is 0 Å². The molecule has 18 heavy (non-hydrogen) atoms. The fraction of sp³-hybridized carbons (Fsp3) is 0.818. The van der Waals surface area contributed by atoms with E-state index in [0.29, 0.717) is 6.04 Å². The zero-order valence-corrected chi connectivity index (χ0v) is 10.7. The Morgan fingerprint density at radius 3 is 2.67 bits per heavy atom. The highest BCUT2D eigenvalue weighted by Crippen LogP contribution is 2.14. The lowest BCUT2D eigenvalue weighted by Crippen LogP contribution is -2.53. The smallest absolute Gasteiger partial charge is 0.328 e. The van der Waals surface area contributed by atoms with Crippen LogP contribution in [0.15, 0.2) is 0 Å². The minimum Gasteiger partial charge on any atom is -0.480 e. The number of aliphatic hydroxyl groups is 1. The van der Waals surface area contributed by atoms with E-state index in [9.17, 15) is 9.59 Å². The maximum absolute atomic E-state index is 11.6. The van der Waals surface area contributed by atoms with E-state index in [4.69, 9.17) is 10.2 Å². The monoisotopic (exact) mass is 259 g/mol. The summed E-state index contributed by atoms with van der Waals surface area (Å²) in [7, 11) is 2.03. The number of aliphatic hydroxyl groups excluding tert-OH is 1. The predicted molar refractivity (Wildman–Crippen MR) is 65.3 cm³/mol. The van der Waals surface area contributed by atoms with Crippen molar-refractivity contribution in [2.45, 2.75) is 37.9 Å². The standard InChI is InChI=1S/C11H21N3O4/c1-7-5-8(3-4-14(7)2)12-11(18)13-9(6-15)10(16)17/h7-9,15H,3-6H2,1-2H3,(H,16,17)(H2,12,13,18)/t7?,8?,9-/m1/s1. The highest BCUT2D eigenvalue weighted by molar-refractivity contribution is 5.82. The first-order chi connectivity index (χ1) is 8.43. The molecule has 7 heteroatoms. The SMILES string of the molecule is CC1CC(NC(=O)N[C@H](CO)C(=O)O)CCN1C. The molecule has 1 aliphatic heterocycles. The van der Waals surface area contributed by atoms with E-state index in [-0.39, 0.29) is 6.04 Å². The predicted octanol–water partition coefficient (Wildman–Crippen LogP) is -0.786. The van der Waals surface area contributed by atoms with E-state index in [2.05, 4.69) is 22.5 Å². The maximum atomic E-state index is 11.6. The Kier molecular flexibility index (Phi) is 5.36. The van der Waals surface area contributed by atoms with Crippen molar-refractivity contribution in [2.75, 3.05) is 20.2 Å². The average Bonchev–Trinajstić information content (AvgIpc) is 2.30. The lowest BCUT2D eigenvalue weighted by atomic mass is 9.99. The average molecular weight is 259 g/mol. The van der Waals surface area contributed by atoms with E-state index in [1.54, 1.807) is 0 Å². The summed E-state index contributed by atoms with van der Waals surface area (Å²) in [5.74, 6) is -1.25. The summed E-state index contributed by atoms with van der Waals surface area (Å²) < 4.78 is 0. The Balaban J connectivity index is 2.38. The quantitative estimate of drug-likeness (QED) is 0.530. The zero-order chi connectivity index (χ0) is 13.7. The Bertz CT molecular complexity index is 311. The number of nitrogens with one attached hydrogen (secondary N) is 2. The molecule has 7 nitrogen and oxygen atoms in total. The minimum absolute atomic E-state index is 0.0457. The number of piperidine rings is 1. The molecule has 3 atom stereocenters. The van der Waals surface area contributed by atoms with Gasteiger partial charge in [0.25, 0.3) is 0 Å². The second-order valence-electron chi connectivity index (χ2n) is 4.74. The number of nitrogens with zero attached hydrogens (tertiary/aromatic N) is 1. The zero-order valence-electron chi connectivity index (χ0n) is 10.7. The first-order valence-corrected chi connectivity index (χ1v) is 6.05. The Labute approximate surface area is 106 Å². The summed E-state index contributed by atoms with van der Waals surface area (Å²) in [6.07, 6.45) is 1.67. The molecule has 4 N–H and O–H groups in total. The number of carbonyl (C=O) groups is 2. The first kappa shape index (κ1) is 14.7. The minimum atomic E-state index is -1.26. The lowest BCUT2D eigenvalue weighted by molar-refractivity contribution is -0.140. The molecular formula is C11H21N3O4. The second-order valence-corrected chi connectivity index (χ2v) is 4.74. The molecule has 1 saturated heterocycles. The summed E-state index contributed by atoms with van der Waals surface area (Å²) in [6, 6.07) is -1.37. The van der Waals surface area contributed by atoms with Crippen molar-refractivity contribution in [1.82, 2.24) is 15.5 Å². The van der Waals surface area contributed by atoms with E-state index in [1.165, 1.54) is 0 Å². The molecule has 104 valence electrons. The summed E-state index contributed by atoms with van der Waals surface area (Å²) in [4.78, 5) is 24.4. The Hall–Kier alpha value is -1.34. The highest BCUT2D eigenvalue weighted by atomic mass is 16.4. The molecule has 2 amide bonds. The molecule has 0 saturated carbocycles. The van der Waals surface area contributed by atoms with Crippen LogP contribution in [0.4, 0.5) is 4.79 Å². The second kappa shape index (κ2) is 6.55. The van der Waals surface area contributed by atoms with Gasteiger partial charge in [0.15, 0.2) is 6.04 Å². The van der Waals surface area contributed by atoms with Gasteiger partial charge in [-0.05, 0) is 26.8 Å². The fourth-order valence-electron chi connectivity index (χ4n) is 1.99. The highest BCUT2D eigenvalue weighted by Gasteiger charge is 2.25. The van der Waals surface area contributed by atoms with Gasteiger partial charge < -0.3 is 25.7 Å². The molecule has 1 heterocycles. The number of urea groups is 1. The van der Waals surface area contributed by atoms with Crippen molar-refractivity contribution in [3.05, 3.63) is 0 Å². The normalized spacial score (nSPS) is 26.4. The molecule has 0 bridgehead atoms. The van der Waals surface area contributed by atoms with E-state index < -0.39 is 24.6 Å². The molecule has 0 aromatic rings. The molecule has 0 aromatic carbocycles. The van der Waals surface area contributed by atoms with Crippen LogP contribution in [0.5, 0.6) is 0 Å². The molecule has 1 rings (SSSR count). The van der Waals surface area contributed by atoms with Crippen LogP contribution < -0.4 is 10.6 Å². The van der Waals surface area contributed by atoms with Gasteiger partial charge in [-0.3, -0.25) is 0 Å². The molecule has 1 fully saturated rings. The largest absolute Gasteiger partial charge is 0.480 e. The number of carboxylic acids is 1. The van der Waals surface area contributed by atoms with Gasteiger partial charge in [0.2, 0.25) is 0 Å². The van der Waals surface area contributed by atoms with Gasteiger partial charge in [-0.1, -0.05) is 0 Å². The lowest BCUT2D eigenvalue weighted by Gasteiger charge is -2.35. The number of rotatable bonds is 4. The van der Waals surface area contributed by atoms with Crippen molar-refractivity contribution in [2.24, 2.45) is 0 Å². The number of aliphatic carboxylic acids is 1. The van der Waals surface area contributed by atoms with Gasteiger partial charge in [-0.15, -0.1) is 0 Å². The summed E-state index contributed by atoms with van der Waals surface area (Å²) in [5.41, 5.74) is 0. The third-order valence-corrected chi connectivity index (χ3v) is 3.33. The van der Waals surface area contributed by atoms with Crippen LogP contribution in [-0.4, -0.2) is 65.4 Å². The number of hydrogen-bond donors (Lipinski definition) is 4. The molecular weight excluding hydrogens is 238 g/mol. The van der Waals surface area contributed by atoms with Crippen LogP contribution >= 0.6 is 0 Å². The van der Waals surface area contributed by atoms with Crippen LogP contribution in [0, 0.1) is 0 Å². The number of hydrogen-bond acceptors (Lipinski definition) is 4. The van der Waals surface area contributed by atoms with Crippen molar-refractivity contribution >= 4 is 12.0 Å². The number of carboxylic acid groups (broad SMARTS) is 1. The Morgan fingerprint density at radius 1 is 1.50 bits per heavy atom. The summed E-state index contributed by atoms with van der Waals surface area (Å²) in [6.45, 7) is 2.36. The van der Waals surface area contributed by atoms with Gasteiger partial charge in [0.1, 0.15) is 0 Å². The topological polar surface area (TPSA) is 102 Å². The van der Waals surface area contributed by atoms with Crippen molar-refractivity contribution in [3.8, 4) is 0 Å². The van der Waals surface area contributed by atoms with E-state index in [1.807, 2.05) is 7.05 Å². The third kappa shape index (κ3) is 4.15. The first-order valence-electron chi connectivity index (χ1n) is 6.05. The van der Waals surface area contributed by atoms with E-state index >= 15 is 0 Å². The van der Waals surface area contributed by atoms with Crippen LogP contribution in [0.1, 0.15) is 19.8 Å². The summed E-state index contributed by atoms with van der Waals surface area (Å²) >= 11 is 0. The molecule has 0 radical (unpaired) electrons. The van der Waals surface area contributed by atoms with E-state index in [0.717, 1.165) is 19.4 Å². The Morgan fingerprint density at radius 2 is 2.17 bits per heavy atom. The summed E-state index contributed by atoms with van der Waals surface area (Å²) in [5, 5.41) is 22.5.